The number of anilines is 1. The fraction of sp³-hybridized carbons (Fsp3) is 0.182. The van der Waals surface area contributed by atoms with Crippen molar-refractivity contribution in [3.63, 3.8) is 0 Å². The maximum Gasteiger partial charge on any atom is 0.341 e. The van der Waals surface area contributed by atoms with E-state index in [9.17, 15) is 14.0 Å². The zero-order valence-corrected chi connectivity index (χ0v) is 18.1. The molecule has 0 aliphatic rings. The van der Waals surface area contributed by atoms with Gasteiger partial charge in [-0.2, -0.15) is 9.78 Å². The van der Waals surface area contributed by atoms with Gasteiger partial charge in [-0.15, -0.1) is 5.10 Å². The highest BCUT2D eigenvalue weighted by Crippen LogP contribution is 2.20. The van der Waals surface area contributed by atoms with Crippen LogP contribution in [0.15, 0.2) is 48.7 Å². The molecular weight excluding hydrogens is 429 g/mol. The Morgan fingerprint density at radius 1 is 1.09 bits per heavy atom. The first-order valence-corrected chi connectivity index (χ1v) is 10.1. The first-order chi connectivity index (χ1) is 15.9. The van der Waals surface area contributed by atoms with Crippen molar-refractivity contribution < 1.29 is 18.7 Å². The number of rotatable bonds is 6. The van der Waals surface area contributed by atoms with Crippen molar-refractivity contribution in [3.05, 3.63) is 77.1 Å². The highest BCUT2D eigenvalue weighted by Gasteiger charge is 2.17. The summed E-state index contributed by atoms with van der Waals surface area (Å²) in [6, 6.07) is 10.8. The number of hydrogen-bond donors (Lipinski definition) is 1. The summed E-state index contributed by atoms with van der Waals surface area (Å²) in [4.78, 5) is 24.7. The summed E-state index contributed by atoms with van der Waals surface area (Å²) in [7, 11) is 0. The number of aryl methyl sites for hydroxylation is 1. The molecule has 2 aromatic carbocycles. The van der Waals surface area contributed by atoms with E-state index >= 15 is 0 Å². The highest BCUT2D eigenvalue weighted by molar-refractivity contribution is 6.04. The minimum Gasteiger partial charge on any atom is -0.462 e. The molecule has 0 spiro atoms. The first-order valence-electron chi connectivity index (χ1n) is 10.1. The molecule has 10 nitrogen and oxygen atoms in total. The largest absolute Gasteiger partial charge is 0.462 e. The van der Waals surface area contributed by atoms with Crippen LogP contribution in [0.4, 0.5) is 10.1 Å². The van der Waals surface area contributed by atoms with Crippen molar-refractivity contribution in [2.45, 2.75) is 20.8 Å². The summed E-state index contributed by atoms with van der Waals surface area (Å²) in [5.74, 6) is -0.928. The molecule has 0 aliphatic carbocycles. The molecule has 4 rings (SSSR count). The van der Waals surface area contributed by atoms with Gasteiger partial charge >= 0.3 is 5.97 Å². The number of carbonyl (C=O) groups is 2. The number of aromatic nitrogens is 6. The van der Waals surface area contributed by atoms with Gasteiger partial charge < -0.3 is 10.1 Å². The number of esters is 1. The molecule has 0 radical (unpaired) electrons. The summed E-state index contributed by atoms with van der Waals surface area (Å²) in [6.45, 7) is 5.42. The minimum absolute atomic E-state index is 0.122. The molecule has 11 heteroatoms. The third-order valence-electron chi connectivity index (χ3n) is 4.94. The predicted molar refractivity (Wildman–Crippen MR) is 116 cm³/mol. The van der Waals surface area contributed by atoms with Crippen molar-refractivity contribution >= 4 is 17.6 Å². The molecule has 4 aromatic rings. The van der Waals surface area contributed by atoms with Gasteiger partial charge in [-0.25, -0.2) is 13.9 Å². The molecule has 168 valence electrons. The Balaban J connectivity index is 1.52. The predicted octanol–water partition coefficient (Wildman–Crippen LogP) is 3.03. The average Bonchev–Trinajstić information content (AvgIpc) is 3.40. The van der Waals surface area contributed by atoms with Crippen LogP contribution < -0.4 is 5.32 Å². The molecule has 0 atom stereocenters. The van der Waals surface area contributed by atoms with Crippen LogP contribution in [0.5, 0.6) is 0 Å². The molecule has 1 amide bonds. The lowest BCUT2D eigenvalue weighted by Gasteiger charge is -2.10. The average molecular weight is 449 g/mol. The summed E-state index contributed by atoms with van der Waals surface area (Å²) < 4.78 is 22.1. The van der Waals surface area contributed by atoms with E-state index in [0.717, 1.165) is 0 Å². The summed E-state index contributed by atoms with van der Waals surface area (Å²) >= 11 is 0. The van der Waals surface area contributed by atoms with Gasteiger partial charge in [0, 0.05) is 11.3 Å². The Kier molecular flexibility index (Phi) is 5.94. The van der Waals surface area contributed by atoms with E-state index in [4.69, 9.17) is 4.74 Å². The second-order valence-corrected chi connectivity index (χ2v) is 7.08. The van der Waals surface area contributed by atoms with Crippen molar-refractivity contribution in [3.8, 4) is 11.4 Å². The van der Waals surface area contributed by atoms with Gasteiger partial charge in [-0.1, -0.05) is 0 Å². The molecule has 0 fully saturated rings. The zero-order chi connectivity index (χ0) is 23.5. The van der Waals surface area contributed by atoms with Gasteiger partial charge in [0.15, 0.2) is 5.82 Å². The van der Waals surface area contributed by atoms with E-state index in [1.807, 2.05) is 0 Å². The van der Waals surface area contributed by atoms with Gasteiger partial charge in [-0.05, 0) is 73.7 Å². The number of tetrazole rings is 1. The SMILES string of the molecule is CCOC(=O)c1cnn(-c2ccc(C(=O)Nc3ccc(F)c(-n4nnnc4C)c3)cc2)c1C. The first kappa shape index (κ1) is 21.8. The standard InChI is InChI=1S/C22H20FN7O3/c1-4-33-22(32)18-12-24-29(13(18)2)17-8-5-15(6-9-17)21(31)25-16-7-10-19(23)20(11-16)30-14(3)26-27-28-30/h5-12H,4H2,1-3H3,(H,25,31). The molecule has 1 N–H and O–H groups in total. The number of carbonyl (C=O) groups excluding carboxylic acids is 2. The Hall–Kier alpha value is -4.41. The summed E-state index contributed by atoms with van der Waals surface area (Å²) in [5, 5.41) is 18.0. The minimum atomic E-state index is -0.524. The Bertz CT molecular complexity index is 1330. The molecule has 2 heterocycles. The lowest BCUT2D eigenvalue weighted by molar-refractivity contribution is 0.0525. The quantitative estimate of drug-likeness (QED) is 0.450. The number of halogens is 1. The van der Waals surface area contributed by atoms with Gasteiger partial charge in [0.25, 0.3) is 5.91 Å². The molecule has 0 bridgehead atoms. The van der Waals surface area contributed by atoms with E-state index in [2.05, 4.69) is 25.9 Å². The molecule has 0 aliphatic heterocycles. The second-order valence-electron chi connectivity index (χ2n) is 7.08. The van der Waals surface area contributed by atoms with E-state index in [-0.39, 0.29) is 18.2 Å². The fourth-order valence-electron chi connectivity index (χ4n) is 3.24. The van der Waals surface area contributed by atoms with Gasteiger partial charge in [0.2, 0.25) is 0 Å². The van der Waals surface area contributed by atoms with Gasteiger partial charge in [0.05, 0.1) is 24.2 Å². The van der Waals surface area contributed by atoms with Crippen LogP contribution in [0.25, 0.3) is 11.4 Å². The number of nitrogens with zero attached hydrogens (tertiary/aromatic N) is 6. The molecule has 0 saturated carbocycles. The van der Waals surface area contributed by atoms with Crippen LogP contribution in [0.2, 0.25) is 0 Å². The van der Waals surface area contributed by atoms with Crippen LogP contribution in [-0.2, 0) is 4.74 Å². The van der Waals surface area contributed by atoms with Gasteiger partial charge in [-0.3, -0.25) is 4.79 Å². The summed E-state index contributed by atoms with van der Waals surface area (Å²) in [6.07, 6.45) is 1.45. The van der Waals surface area contributed by atoms with E-state index in [1.165, 1.54) is 29.1 Å². The number of amides is 1. The number of ether oxygens (including phenoxy) is 1. The Morgan fingerprint density at radius 2 is 1.85 bits per heavy atom. The second kappa shape index (κ2) is 8.99. The molecule has 0 saturated heterocycles. The zero-order valence-electron chi connectivity index (χ0n) is 18.1. The maximum atomic E-state index is 14.2. The smallest absolute Gasteiger partial charge is 0.341 e. The van der Waals surface area contributed by atoms with E-state index in [0.29, 0.717) is 34.0 Å². The number of benzene rings is 2. The van der Waals surface area contributed by atoms with Crippen molar-refractivity contribution in [2.75, 3.05) is 11.9 Å². The Morgan fingerprint density at radius 3 is 2.52 bits per heavy atom. The molecule has 2 aromatic heterocycles. The molecule has 33 heavy (non-hydrogen) atoms. The third kappa shape index (κ3) is 4.33. The monoisotopic (exact) mass is 449 g/mol. The van der Waals surface area contributed by atoms with Crippen LogP contribution in [0, 0.1) is 19.7 Å². The van der Waals surface area contributed by atoms with Crippen molar-refractivity contribution in [2.24, 2.45) is 0 Å². The fourth-order valence-corrected chi connectivity index (χ4v) is 3.24. The van der Waals surface area contributed by atoms with Crippen LogP contribution in [0.3, 0.4) is 0 Å². The van der Waals surface area contributed by atoms with Gasteiger partial charge in [0.1, 0.15) is 17.1 Å². The van der Waals surface area contributed by atoms with Crippen LogP contribution in [-0.4, -0.2) is 48.5 Å². The molecular formula is C22H20FN7O3. The maximum absolute atomic E-state index is 14.2. The lowest BCUT2D eigenvalue weighted by Crippen LogP contribution is -2.13. The number of hydrogen-bond acceptors (Lipinski definition) is 7. The highest BCUT2D eigenvalue weighted by atomic mass is 19.1. The normalized spacial score (nSPS) is 10.8. The van der Waals surface area contributed by atoms with E-state index in [1.54, 1.807) is 49.7 Å². The van der Waals surface area contributed by atoms with Crippen molar-refractivity contribution in [1.29, 1.82) is 0 Å². The van der Waals surface area contributed by atoms with Crippen molar-refractivity contribution in [1.82, 2.24) is 30.0 Å². The lowest BCUT2D eigenvalue weighted by atomic mass is 10.1. The number of nitrogens with one attached hydrogen (secondary N) is 1. The third-order valence-corrected chi connectivity index (χ3v) is 4.94. The summed E-state index contributed by atoms with van der Waals surface area (Å²) in [5.41, 5.74) is 2.58. The van der Waals surface area contributed by atoms with E-state index < -0.39 is 11.8 Å². The topological polar surface area (TPSA) is 117 Å². The van der Waals surface area contributed by atoms with Crippen LogP contribution >= 0.6 is 0 Å². The van der Waals surface area contributed by atoms with Crippen LogP contribution in [0.1, 0.15) is 39.2 Å². The Labute approximate surface area is 188 Å². The molecule has 0 unspecified atom stereocenters.